The Hall–Kier alpha value is -3.13. The number of benzene rings is 1. The molecule has 0 saturated heterocycles. The second-order valence-corrected chi connectivity index (χ2v) is 7.65. The summed E-state index contributed by atoms with van der Waals surface area (Å²) in [5, 5.41) is 4.41. The van der Waals surface area contributed by atoms with Gasteiger partial charge in [0, 0.05) is 43.0 Å². The molecule has 0 radical (unpaired) electrons. The lowest BCUT2D eigenvalue weighted by Crippen LogP contribution is -2.42. The molecule has 0 aliphatic heterocycles. The van der Waals surface area contributed by atoms with Crippen LogP contribution in [0.4, 0.5) is 9.52 Å². The van der Waals surface area contributed by atoms with Crippen molar-refractivity contribution in [1.29, 1.82) is 0 Å². The minimum atomic E-state index is -0.530. The Morgan fingerprint density at radius 3 is 2.71 bits per heavy atom. The molecule has 1 N–H and O–H groups in total. The van der Waals surface area contributed by atoms with Crippen LogP contribution in [0.1, 0.15) is 12.8 Å². The standard InChI is InChI=1S/C20H16FN5OS/c21-17-6-5-12(11-24-17)18-19(23-8-7-22-18)27-14-9-13(10-14)25-20-26-15-3-1-2-4-16(15)28-20/h1-8,11,13-14H,9-10H2,(H,25,26)/t13-,14-. The van der Waals surface area contributed by atoms with Crippen LogP contribution >= 0.6 is 11.3 Å². The fourth-order valence-electron chi connectivity index (χ4n) is 3.17. The Morgan fingerprint density at radius 2 is 1.89 bits per heavy atom. The summed E-state index contributed by atoms with van der Waals surface area (Å²) in [5.41, 5.74) is 2.25. The zero-order chi connectivity index (χ0) is 18.9. The number of para-hydroxylation sites is 1. The van der Waals surface area contributed by atoms with Crippen molar-refractivity contribution in [2.45, 2.75) is 25.0 Å². The van der Waals surface area contributed by atoms with Crippen LogP contribution in [-0.4, -0.2) is 32.1 Å². The van der Waals surface area contributed by atoms with Gasteiger partial charge in [0.1, 0.15) is 11.8 Å². The molecule has 1 aliphatic carbocycles. The van der Waals surface area contributed by atoms with E-state index in [1.54, 1.807) is 29.8 Å². The molecule has 0 unspecified atom stereocenters. The van der Waals surface area contributed by atoms with Gasteiger partial charge in [0.05, 0.1) is 10.2 Å². The summed E-state index contributed by atoms with van der Waals surface area (Å²) in [6.45, 7) is 0. The summed E-state index contributed by atoms with van der Waals surface area (Å²) < 4.78 is 20.3. The van der Waals surface area contributed by atoms with E-state index in [2.05, 4.69) is 31.3 Å². The Labute approximate surface area is 164 Å². The van der Waals surface area contributed by atoms with Crippen LogP contribution in [-0.2, 0) is 0 Å². The van der Waals surface area contributed by atoms with Crippen LogP contribution in [0.5, 0.6) is 5.88 Å². The molecular formula is C20H16FN5OS. The van der Waals surface area contributed by atoms with Crippen molar-refractivity contribution in [1.82, 2.24) is 19.9 Å². The number of fused-ring (bicyclic) bond motifs is 1. The van der Waals surface area contributed by atoms with E-state index in [1.807, 2.05) is 18.2 Å². The molecule has 8 heteroatoms. The molecule has 0 bridgehead atoms. The van der Waals surface area contributed by atoms with Crippen LogP contribution in [0, 0.1) is 5.95 Å². The second kappa shape index (κ2) is 7.12. The average molecular weight is 393 g/mol. The van der Waals surface area contributed by atoms with Gasteiger partial charge < -0.3 is 10.1 Å². The van der Waals surface area contributed by atoms with E-state index in [0.29, 0.717) is 23.2 Å². The normalized spacial score (nSPS) is 18.6. The summed E-state index contributed by atoms with van der Waals surface area (Å²) in [4.78, 5) is 16.9. The molecule has 1 aromatic carbocycles. The number of thiazole rings is 1. The van der Waals surface area contributed by atoms with Crippen LogP contribution < -0.4 is 10.1 Å². The molecule has 1 aliphatic rings. The molecule has 140 valence electrons. The summed E-state index contributed by atoms with van der Waals surface area (Å²) in [6, 6.07) is 11.3. The van der Waals surface area contributed by atoms with E-state index in [9.17, 15) is 4.39 Å². The van der Waals surface area contributed by atoms with E-state index in [0.717, 1.165) is 23.5 Å². The van der Waals surface area contributed by atoms with E-state index in [-0.39, 0.29) is 6.10 Å². The van der Waals surface area contributed by atoms with Gasteiger partial charge in [0.25, 0.3) is 0 Å². The number of hydrogen-bond donors (Lipinski definition) is 1. The first kappa shape index (κ1) is 17.0. The number of nitrogens with one attached hydrogen (secondary N) is 1. The van der Waals surface area contributed by atoms with Gasteiger partial charge in [-0.1, -0.05) is 23.5 Å². The molecule has 1 saturated carbocycles. The first-order chi connectivity index (χ1) is 13.7. The minimum absolute atomic E-state index is 0.0516. The van der Waals surface area contributed by atoms with Crippen molar-refractivity contribution >= 4 is 26.7 Å². The van der Waals surface area contributed by atoms with E-state index in [4.69, 9.17) is 4.74 Å². The summed E-state index contributed by atoms with van der Waals surface area (Å²) in [7, 11) is 0. The number of aromatic nitrogens is 4. The van der Waals surface area contributed by atoms with Gasteiger partial charge in [0.15, 0.2) is 5.13 Å². The number of halogens is 1. The van der Waals surface area contributed by atoms with E-state index < -0.39 is 5.95 Å². The van der Waals surface area contributed by atoms with Crippen LogP contribution in [0.2, 0.25) is 0 Å². The molecule has 3 aromatic heterocycles. The summed E-state index contributed by atoms with van der Waals surface area (Å²) in [5.74, 6) is -0.0859. The zero-order valence-electron chi connectivity index (χ0n) is 14.7. The summed E-state index contributed by atoms with van der Waals surface area (Å²) >= 11 is 1.66. The second-order valence-electron chi connectivity index (χ2n) is 6.62. The van der Waals surface area contributed by atoms with Crippen molar-refractivity contribution in [2.75, 3.05) is 5.32 Å². The molecule has 1 fully saturated rings. The highest BCUT2D eigenvalue weighted by atomic mass is 32.1. The maximum absolute atomic E-state index is 13.1. The lowest BCUT2D eigenvalue weighted by Gasteiger charge is -2.35. The third kappa shape index (κ3) is 3.38. The number of ether oxygens (including phenoxy) is 1. The fourth-order valence-corrected chi connectivity index (χ4v) is 4.11. The molecule has 6 nitrogen and oxygen atoms in total. The Balaban J connectivity index is 1.23. The Kier molecular flexibility index (Phi) is 4.32. The molecule has 5 rings (SSSR count). The molecule has 0 amide bonds. The van der Waals surface area contributed by atoms with Gasteiger partial charge >= 0.3 is 0 Å². The molecule has 0 spiro atoms. The molecule has 3 heterocycles. The van der Waals surface area contributed by atoms with Crippen molar-refractivity contribution in [2.24, 2.45) is 0 Å². The Bertz CT molecular complexity index is 1080. The number of nitrogens with zero attached hydrogens (tertiary/aromatic N) is 4. The highest BCUT2D eigenvalue weighted by Crippen LogP contribution is 2.33. The molecular weight excluding hydrogens is 377 g/mol. The van der Waals surface area contributed by atoms with Gasteiger partial charge in [-0.2, -0.15) is 4.39 Å². The van der Waals surface area contributed by atoms with Gasteiger partial charge in [-0.25, -0.2) is 19.9 Å². The van der Waals surface area contributed by atoms with Crippen molar-refractivity contribution in [3.05, 3.63) is 60.9 Å². The lowest BCUT2D eigenvalue weighted by atomic mass is 9.89. The van der Waals surface area contributed by atoms with Crippen molar-refractivity contribution in [3.63, 3.8) is 0 Å². The molecule has 28 heavy (non-hydrogen) atoms. The molecule has 0 atom stereocenters. The number of rotatable bonds is 5. The average Bonchev–Trinajstić information content (AvgIpc) is 3.10. The van der Waals surface area contributed by atoms with Gasteiger partial charge in [-0.3, -0.25) is 0 Å². The quantitative estimate of drug-likeness (QED) is 0.510. The largest absolute Gasteiger partial charge is 0.473 e. The van der Waals surface area contributed by atoms with E-state index >= 15 is 0 Å². The number of anilines is 1. The third-order valence-corrected chi connectivity index (χ3v) is 5.63. The van der Waals surface area contributed by atoms with Gasteiger partial charge in [-0.15, -0.1) is 0 Å². The van der Waals surface area contributed by atoms with Crippen LogP contribution in [0.15, 0.2) is 55.0 Å². The van der Waals surface area contributed by atoms with Crippen LogP contribution in [0.25, 0.3) is 21.5 Å². The maximum Gasteiger partial charge on any atom is 0.240 e. The van der Waals surface area contributed by atoms with E-state index in [1.165, 1.54) is 17.0 Å². The Morgan fingerprint density at radius 1 is 1.04 bits per heavy atom. The highest BCUT2D eigenvalue weighted by Gasteiger charge is 2.32. The predicted octanol–water partition coefficient (Wildman–Crippen LogP) is 4.31. The van der Waals surface area contributed by atoms with Crippen LogP contribution in [0.3, 0.4) is 0 Å². The van der Waals surface area contributed by atoms with Gasteiger partial charge in [-0.05, 0) is 24.3 Å². The minimum Gasteiger partial charge on any atom is -0.473 e. The first-order valence-electron chi connectivity index (χ1n) is 8.96. The summed E-state index contributed by atoms with van der Waals surface area (Å²) in [6.07, 6.45) is 6.37. The first-order valence-corrected chi connectivity index (χ1v) is 9.78. The van der Waals surface area contributed by atoms with Crippen molar-refractivity contribution < 1.29 is 9.13 Å². The van der Waals surface area contributed by atoms with Crippen molar-refractivity contribution in [3.8, 4) is 17.1 Å². The number of pyridine rings is 1. The smallest absolute Gasteiger partial charge is 0.240 e. The number of hydrogen-bond acceptors (Lipinski definition) is 7. The molecule has 4 aromatic rings. The highest BCUT2D eigenvalue weighted by molar-refractivity contribution is 7.22. The topological polar surface area (TPSA) is 72.8 Å². The monoisotopic (exact) mass is 393 g/mol. The zero-order valence-corrected chi connectivity index (χ0v) is 15.6. The SMILES string of the molecule is Fc1ccc(-c2nccnc2O[C@H]2C[C@H](Nc3nc4ccccc4s3)C2)cn1. The maximum atomic E-state index is 13.1. The van der Waals surface area contributed by atoms with Gasteiger partial charge in [0.2, 0.25) is 11.8 Å². The third-order valence-electron chi connectivity index (χ3n) is 4.66. The predicted molar refractivity (Wildman–Crippen MR) is 106 cm³/mol. The lowest BCUT2D eigenvalue weighted by molar-refractivity contribution is 0.103. The fraction of sp³-hybridized carbons (Fsp3) is 0.200.